The summed E-state index contributed by atoms with van der Waals surface area (Å²) in [6, 6.07) is 14.3. The number of amides is 1. The molecule has 59 heavy (non-hydrogen) atoms. The summed E-state index contributed by atoms with van der Waals surface area (Å²) in [5.41, 5.74) is -8.74. The van der Waals surface area contributed by atoms with Crippen LogP contribution in [0.2, 0.25) is 0 Å². The molecule has 16 nitrogen and oxygen atoms in total. The summed E-state index contributed by atoms with van der Waals surface area (Å²) < 4.78 is 29.4. The van der Waals surface area contributed by atoms with E-state index in [2.05, 4.69) is 5.32 Å². The minimum absolute atomic E-state index is 0.0672. The van der Waals surface area contributed by atoms with Gasteiger partial charge in [0.1, 0.15) is 35.6 Å². The molecular formula is C43H53NO15. The van der Waals surface area contributed by atoms with Gasteiger partial charge in [-0.1, -0.05) is 62.4 Å². The number of benzene rings is 2. The number of nitrogens with one attached hydrogen (secondary N) is 1. The molecule has 0 aromatic heterocycles. The van der Waals surface area contributed by atoms with Crippen molar-refractivity contribution < 1.29 is 73.2 Å². The van der Waals surface area contributed by atoms with E-state index in [1.807, 2.05) is 0 Å². The molecule has 2 saturated carbocycles. The van der Waals surface area contributed by atoms with Gasteiger partial charge in [-0.25, -0.2) is 14.4 Å². The molecule has 6 rings (SSSR count). The van der Waals surface area contributed by atoms with Gasteiger partial charge in [0.15, 0.2) is 17.5 Å². The van der Waals surface area contributed by atoms with Gasteiger partial charge >= 0.3 is 24.0 Å². The molecule has 0 spiro atoms. The number of hydrogen-bond donors (Lipinski definition) is 6. The van der Waals surface area contributed by atoms with Crippen molar-refractivity contribution in [1.82, 2.24) is 5.32 Å². The van der Waals surface area contributed by atoms with E-state index >= 15 is 0 Å². The molecule has 2 aromatic rings. The molecule has 11 atom stereocenters. The molecule has 2 bridgehead atoms. The van der Waals surface area contributed by atoms with Crippen molar-refractivity contribution in [3.8, 4) is 0 Å². The highest BCUT2D eigenvalue weighted by atomic mass is 16.6. The zero-order valence-electron chi connectivity index (χ0n) is 34.0. The van der Waals surface area contributed by atoms with Crippen molar-refractivity contribution >= 4 is 29.8 Å². The predicted molar refractivity (Wildman–Crippen MR) is 205 cm³/mol. The number of aliphatic hydroxyl groups is 5. The van der Waals surface area contributed by atoms with E-state index in [9.17, 15) is 49.5 Å². The first-order valence-corrected chi connectivity index (χ1v) is 19.5. The monoisotopic (exact) mass is 823 g/mol. The van der Waals surface area contributed by atoms with Gasteiger partial charge in [0.05, 0.1) is 42.3 Å². The summed E-state index contributed by atoms with van der Waals surface area (Å²) in [5, 5.41) is 61.1. The third kappa shape index (κ3) is 7.33. The second-order valence-corrected chi connectivity index (χ2v) is 17.4. The van der Waals surface area contributed by atoms with Gasteiger partial charge in [0, 0.05) is 25.2 Å². The summed E-state index contributed by atoms with van der Waals surface area (Å²) >= 11 is 0. The van der Waals surface area contributed by atoms with E-state index in [1.165, 1.54) is 65.8 Å². The molecule has 0 radical (unpaired) electrons. The number of Topliss-reactive ketones (excluding diaryl/α,β-unsaturated/α-hetero) is 1. The van der Waals surface area contributed by atoms with Gasteiger partial charge in [-0.3, -0.25) is 9.59 Å². The third-order valence-corrected chi connectivity index (χ3v) is 12.9. The van der Waals surface area contributed by atoms with E-state index in [4.69, 9.17) is 23.7 Å². The number of ether oxygens (including phenoxy) is 5. The topological polar surface area (TPSA) is 245 Å². The Labute approximate surface area is 341 Å². The number of rotatable bonds is 10. The molecule has 4 aliphatic rings. The summed E-state index contributed by atoms with van der Waals surface area (Å²) in [7, 11) is 0. The van der Waals surface area contributed by atoms with E-state index in [1.54, 1.807) is 36.4 Å². The largest absolute Gasteiger partial charge is 0.456 e. The van der Waals surface area contributed by atoms with Crippen LogP contribution in [0.15, 0.2) is 71.8 Å². The highest BCUT2D eigenvalue weighted by molar-refractivity contribution is 5.94. The maximum absolute atomic E-state index is 15.0. The Kier molecular flexibility index (Phi) is 11.7. The SMILES string of the molecule is CC(=O)O[C@]12CO[C@@H]1C[C@H](O)[C@]1(C)C(=O)[C@H](O)C3=C(C)[C@H](OC(=O)[C@H](O)[C@H](NC(=O)OC(C)(C)CO)c4ccccc4)C[C@@](O)([C@H](OC(=O)c4ccccc4)[C@H]21)C3(C)C. The lowest BCUT2D eigenvalue weighted by atomic mass is 9.44. The first-order chi connectivity index (χ1) is 27.6. The van der Waals surface area contributed by atoms with Crippen molar-refractivity contribution in [2.75, 3.05) is 13.2 Å². The number of alkyl carbamates (subject to hydrolysis) is 1. The first kappa shape index (κ1) is 43.9. The number of hydrogen-bond acceptors (Lipinski definition) is 15. The molecular weight excluding hydrogens is 770 g/mol. The Balaban J connectivity index is 1.48. The first-order valence-electron chi connectivity index (χ1n) is 19.5. The van der Waals surface area contributed by atoms with E-state index in [-0.39, 0.29) is 35.3 Å². The van der Waals surface area contributed by atoms with E-state index < -0.39 is 119 Å². The van der Waals surface area contributed by atoms with Crippen LogP contribution in [0.4, 0.5) is 4.79 Å². The molecule has 1 amide bonds. The maximum Gasteiger partial charge on any atom is 0.408 e. The molecule has 3 fully saturated rings. The number of aliphatic hydroxyl groups excluding tert-OH is 4. The van der Waals surface area contributed by atoms with Crippen molar-refractivity contribution in [2.24, 2.45) is 16.7 Å². The minimum atomic E-state index is -2.38. The normalized spacial score (nSPS) is 33.3. The summed E-state index contributed by atoms with van der Waals surface area (Å²) in [6.07, 6.45) is -11.8. The second-order valence-electron chi connectivity index (χ2n) is 17.4. The fourth-order valence-corrected chi connectivity index (χ4v) is 9.56. The molecule has 2 aromatic carbocycles. The molecule has 0 unspecified atom stereocenters. The molecule has 6 N–H and O–H groups in total. The van der Waals surface area contributed by atoms with Crippen LogP contribution < -0.4 is 5.32 Å². The minimum Gasteiger partial charge on any atom is -0.456 e. The van der Waals surface area contributed by atoms with Gasteiger partial charge < -0.3 is 54.5 Å². The average molecular weight is 824 g/mol. The van der Waals surface area contributed by atoms with Gasteiger partial charge in [0.2, 0.25) is 0 Å². The second kappa shape index (κ2) is 15.7. The van der Waals surface area contributed by atoms with Crippen LogP contribution in [0, 0.1) is 16.7 Å². The number of fused-ring (bicyclic) bond motifs is 5. The van der Waals surface area contributed by atoms with Crippen LogP contribution in [0.25, 0.3) is 0 Å². The Morgan fingerprint density at radius 2 is 1.59 bits per heavy atom. The fourth-order valence-electron chi connectivity index (χ4n) is 9.56. The molecule has 1 heterocycles. The Morgan fingerprint density at radius 3 is 2.15 bits per heavy atom. The van der Waals surface area contributed by atoms with Crippen LogP contribution in [0.1, 0.15) is 83.3 Å². The van der Waals surface area contributed by atoms with Crippen LogP contribution in [-0.2, 0) is 38.1 Å². The van der Waals surface area contributed by atoms with Crippen molar-refractivity contribution in [3.05, 3.63) is 82.9 Å². The Hall–Kier alpha value is -4.71. The zero-order valence-corrected chi connectivity index (χ0v) is 34.0. The number of carbonyl (C=O) groups is 5. The molecule has 320 valence electrons. The van der Waals surface area contributed by atoms with Crippen molar-refractivity contribution in [3.63, 3.8) is 0 Å². The Morgan fingerprint density at radius 1 is 0.983 bits per heavy atom. The predicted octanol–water partition coefficient (Wildman–Crippen LogP) is 2.23. The Bertz CT molecular complexity index is 2000. The van der Waals surface area contributed by atoms with Crippen LogP contribution in [0.5, 0.6) is 0 Å². The maximum atomic E-state index is 15.0. The standard InChI is InChI=1S/C43H53NO15/c1-22-26(56-37(52)32(49)30(24-14-10-8-11-15-24)44-38(53)59-39(3,4)20-45)19-43(54)35(57-36(51)25-16-12-9-13-17-25)33-41(7,34(50)31(48)29(22)40(43,5)6)27(47)18-28-42(33,21-55-28)58-23(2)46/h8-17,26-28,30-33,35,45,47-49,54H,18-21H2,1-7H3,(H,44,53)/t26-,27+,28-,30-,31-,32-,33+,35-,41+,42-,43-/m1/s1. The van der Waals surface area contributed by atoms with Crippen molar-refractivity contribution in [2.45, 2.75) is 121 Å². The zero-order chi connectivity index (χ0) is 43.5. The van der Waals surface area contributed by atoms with Gasteiger partial charge in [0.25, 0.3) is 0 Å². The third-order valence-electron chi connectivity index (χ3n) is 12.9. The molecule has 1 saturated heterocycles. The van der Waals surface area contributed by atoms with Crippen LogP contribution in [-0.4, -0.2) is 122 Å². The lowest BCUT2D eigenvalue weighted by Gasteiger charge is -2.67. The fraction of sp³-hybridized carbons (Fsp3) is 0.558. The van der Waals surface area contributed by atoms with Crippen LogP contribution >= 0.6 is 0 Å². The molecule has 16 heteroatoms. The van der Waals surface area contributed by atoms with E-state index in [0.717, 1.165) is 6.92 Å². The summed E-state index contributed by atoms with van der Waals surface area (Å²) in [4.78, 5) is 69.0. The van der Waals surface area contributed by atoms with E-state index in [0.29, 0.717) is 0 Å². The molecule has 1 aliphatic heterocycles. The van der Waals surface area contributed by atoms with Gasteiger partial charge in [-0.05, 0) is 56.5 Å². The van der Waals surface area contributed by atoms with Crippen LogP contribution in [0.3, 0.4) is 0 Å². The summed E-state index contributed by atoms with van der Waals surface area (Å²) in [5.74, 6) is -5.47. The number of ketones is 1. The summed E-state index contributed by atoms with van der Waals surface area (Å²) in [6.45, 7) is 9.14. The lowest BCUT2D eigenvalue weighted by Crippen LogP contribution is -2.81. The van der Waals surface area contributed by atoms with Crippen molar-refractivity contribution in [1.29, 1.82) is 0 Å². The highest BCUT2D eigenvalue weighted by Crippen LogP contribution is 2.64. The number of esters is 3. The lowest BCUT2D eigenvalue weighted by molar-refractivity contribution is -0.346. The average Bonchev–Trinajstić information content (AvgIpc) is 3.18. The smallest absolute Gasteiger partial charge is 0.408 e. The number of carbonyl (C=O) groups excluding carboxylic acids is 5. The highest BCUT2D eigenvalue weighted by Gasteiger charge is 2.78. The van der Waals surface area contributed by atoms with Gasteiger partial charge in [-0.15, -0.1) is 0 Å². The van der Waals surface area contributed by atoms with Gasteiger partial charge in [-0.2, -0.15) is 0 Å². The quantitative estimate of drug-likeness (QED) is 0.114. The molecule has 3 aliphatic carbocycles.